The topological polar surface area (TPSA) is 75.5 Å². The third-order valence-corrected chi connectivity index (χ3v) is 3.93. The van der Waals surface area contributed by atoms with Crippen LogP contribution in [0.5, 0.6) is 17.4 Å². The standard InChI is InChI=1S/C19H18ClN3O4/c1-3-26-19(24)17-18(27-16-10-6-14(20)7-11-16)23(22-21-17)12-13-4-8-15(25-2)9-5-13/h4-11H,3,12H2,1-2H3. The summed E-state index contributed by atoms with van der Waals surface area (Å²) in [6.45, 7) is 2.31. The Morgan fingerprint density at radius 3 is 2.37 bits per heavy atom. The zero-order valence-corrected chi connectivity index (χ0v) is 15.6. The highest BCUT2D eigenvalue weighted by Gasteiger charge is 2.23. The molecule has 2 aromatic carbocycles. The van der Waals surface area contributed by atoms with E-state index in [1.807, 2.05) is 24.3 Å². The molecule has 0 bridgehead atoms. The number of hydrogen-bond acceptors (Lipinski definition) is 6. The molecule has 3 rings (SSSR count). The fourth-order valence-electron chi connectivity index (χ4n) is 2.35. The third-order valence-electron chi connectivity index (χ3n) is 3.68. The molecular weight excluding hydrogens is 370 g/mol. The van der Waals surface area contributed by atoms with E-state index in [1.165, 1.54) is 4.68 Å². The normalized spacial score (nSPS) is 10.5. The van der Waals surface area contributed by atoms with Crippen molar-refractivity contribution in [3.8, 4) is 17.4 Å². The van der Waals surface area contributed by atoms with E-state index < -0.39 is 5.97 Å². The van der Waals surface area contributed by atoms with Crippen molar-refractivity contribution in [1.29, 1.82) is 0 Å². The third kappa shape index (κ3) is 4.57. The van der Waals surface area contributed by atoms with Gasteiger partial charge < -0.3 is 14.2 Å². The molecular formula is C19H18ClN3O4. The maximum atomic E-state index is 12.2. The Balaban J connectivity index is 1.91. The average molecular weight is 388 g/mol. The lowest BCUT2D eigenvalue weighted by Crippen LogP contribution is -2.09. The van der Waals surface area contributed by atoms with Crippen molar-refractivity contribution in [2.75, 3.05) is 13.7 Å². The lowest BCUT2D eigenvalue weighted by molar-refractivity contribution is 0.0516. The van der Waals surface area contributed by atoms with Crippen LogP contribution in [0.1, 0.15) is 23.0 Å². The number of benzene rings is 2. The molecule has 1 aromatic heterocycles. The minimum atomic E-state index is -0.595. The lowest BCUT2D eigenvalue weighted by Gasteiger charge is -2.10. The van der Waals surface area contributed by atoms with Gasteiger partial charge in [-0.05, 0) is 48.9 Å². The van der Waals surface area contributed by atoms with Gasteiger partial charge in [-0.2, -0.15) is 0 Å². The van der Waals surface area contributed by atoms with Crippen LogP contribution in [0.3, 0.4) is 0 Å². The molecule has 1 heterocycles. The van der Waals surface area contributed by atoms with E-state index in [0.717, 1.165) is 11.3 Å². The maximum absolute atomic E-state index is 12.2. The number of nitrogens with zero attached hydrogens (tertiary/aromatic N) is 3. The number of hydrogen-bond donors (Lipinski definition) is 0. The van der Waals surface area contributed by atoms with E-state index in [0.29, 0.717) is 17.3 Å². The number of esters is 1. The van der Waals surface area contributed by atoms with Gasteiger partial charge in [-0.1, -0.05) is 28.9 Å². The van der Waals surface area contributed by atoms with Crippen LogP contribution in [0.2, 0.25) is 5.02 Å². The quantitative estimate of drug-likeness (QED) is 0.571. The molecule has 0 unspecified atom stereocenters. The number of carbonyl (C=O) groups excluding carboxylic acids is 1. The first-order valence-corrected chi connectivity index (χ1v) is 8.65. The number of carbonyl (C=O) groups is 1. The van der Waals surface area contributed by atoms with Gasteiger partial charge in [0.2, 0.25) is 5.69 Å². The molecule has 7 nitrogen and oxygen atoms in total. The van der Waals surface area contributed by atoms with Gasteiger partial charge in [0.15, 0.2) is 0 Å². The predicted molar refractivity (Wildman–Crippen MR) is 99.6 cm³/mol. The van der Waals surface area contributed by atoms with Crippen molar-refractivity contribution in [3.63, 3.8) is 0 Å². The van der Waals surface area contributed by atoms with Gasteiger partial charge >= 0.3 is 5.97 Å². The minimum Gasteiger partial charge on any atom is -0.497 e. The van der Waals surface area contributed by atoms with Crippen LogP contribution < -0.4 is 9.47 Å². The van der Waals surface area contributed by atoms with Gasteiger partial charge in [0.25, 0.3) is 5.88 Å². The van der Waals surface area contributed by atoms with E-state index >= 15 is 0 Å². The van der Waals surface area contributed by atoms with Crippen molar-refractivity contribution in [2.24, 2.45) is 0 Å². The fraction of sp³-hybridized carbons (Fsp3) is 0.211. The molecule has 0 aliphatic heterocycles. The molecule has 140 valence electrons. The first-order valence-electron chi connectivity index (χ1n) is 8.27. The van der Waals surface area contributed by atoms with Crippen molar-refractivity contribution < 1.29 is 19.0 Å². The van der Waals surface area contributed by atoms with Crippen molar-refractivity contribution in [3.05, 3.63) is 64.8 Å². The van der Waals surface area contributed by atoms with Crippen LogP contribution in [-0.2, 0) is 11.3 Å². The Kier molecular flexibility index (Phi) is 5.93. The molecule has 27 heavy (non-hydrogen) atoms. The number of halogens is 1. The first-order chi connectivity index (χ1) is 13.1. The molecule has 0 aliphatic carbocycles. The van der Waals surface area contributed by atoms with Crippen molar-refractivity contribution in [1.82, 2.24) is 15.0 Å². The molecule has 0 saturated heterocycles. The average Bonchev–Trinajstić information content (AvgIpc) is 3.07. The molecule has 0 atom stereocenters. The first kappa shape index (κ1) is 18.7. The van der Waals surface area contributed by atoms with Crippen LogP contribution in [0.25, 0.3) is 0 Å². The second kappa shape index (κ2) is 8.55. The zero-order chi connectivity index (χ0) is 19.2. The van der Waals surface area contributed by atoms with Crippen molar-refractivity contribution in [2.45, 2.75) is 13.5 Å². The highest BCUT2D eigenvalue weighted by molar-refractivity contribution is 6.30. The van der Waals surface area contributed by atoms with E-state index in [4.69, 9.17) is 25.8 Å². The van der Waals surface area contributed by atoms with Gasteiger partial charge in [-0.15, -0.1) is 5.10 Å². The number of rotatable bonds is 7. The Morgan fingerprint density at radius 1 is 1.07 bits per heavy atom. The number of aromatic nitrogens is 3. The number of methoxy groups -OCH3 is 1. The summed E-state index contributed by atoms with van der Waals surface area (Å²) in [5.74, 6) is 0.861. The summed E-state index contributed by atoms with van der Waals surface area (Å²) in [6.07, 6.45) is 0. The molecule has 0 saturated carbocycles. The van der Waals surface area contributed by atoms with E-state index in [1.54, 1.807) is 38.3 Å². The fourth-order valence-corrected chi connectivity index (χ4v) is 2.48. The molecule has 0 spiro atoms. The monoisotopic (exact) mass is 387 g/mol. The van der Waals surface area contributed by atoms with E-state index in [2.05, 4.69) is 10.3 Å². The Bertz CT molecular complexity index is 908. The molecule has 0 aliphatic rings. The minimum absolute atomic E-state index is 0.0142. The summed E-state index contributed by atoms with van der Waals surface area (Å²) < 4.78 is 17.6. The summed E-state index contributed by atoms with van der Waals surface area (Å²) >= 11 is 5.91. The highest BCUT2D eigenvalue weighted by Crippen LogP contribution is 2.27. The smallest absolute Gasteiger partial charge is 0.364 e. The van der Waals surface area contributed by atoms with Crippen LogP contribution in [0, 0.1) is 0 Å². The predicted octanol–water partition coefficient (Wildman–Crippen LogP) is 3.96. The van der Waals surface area contributed by atoms with Crippen LogP contribution >= 0.6 is 11.6 Å². The van der Waals surface area contributed by atoms with Gasteiger partial charge in [0.1, 0.15) is 11.5 Å². The lowest BCUT2D eigenvalue weighted by atomic mass is 10.2. The molecule has 8 heteroatoms. The molecule has 0 radical (unpaired) electrons. The van der Waals surface area contributed by atoms with E-state index in [9.17, 15) is 4.79 Å². The van der Waals surface area contributed by atoms with E-state index in [-0.39, 0.29) is 18.2 Å². The van der Waals surface area contributed by atoms with Gasteiger partial charge in [-0.25, -0.2) is 9.48 Å². The molecule has 0 fully saturated rings. The Hall–Kier alpha value is -3.06. The summed E-state index contributed by atoms with van der Waals surface area (Å²) in [7, 11) is 1.61. The maximum Gasteiger partial charge on any atom is 0.364 e. The van der Waals surface area contributed by atoms with Gasteiger partial charge in [-0.3, -0.25) is 0 Å². The van der Waals surface area contributed by atoms with Gasteiger partial charge in [0, 0.05) is 5.02 Å². The molecule has 0 amide bonds. The van der Waals surface area contributed by atoms with Crippen LogP contribution in [-0.4, -0.2) is 34.7 Å². The summed E-state index contributed by atoms with van der Waals surface area (Å²) in [5.41, 5.74) is 0.956. The zero-order valence-electron chi connectivity index (χ0n) is 14.9. The SMILES string of the molecule is CCOC(=O)c1nnn(Cc2ccc(OC)cc2)c1Oc1ccc(Cl)cc1. The largest absolute Gasteiger partial charge is 0.497 e. The second-order valence-corrected chi connectivity index (χ2v) is 5.96. The van der Waals surface area contributed by atoms with Crippen molar-refractivity contribution >= 4 is 17.6 Å². The Morgan fingerprint density at radius 2 is 1.74 bits per heavy atom. The van der Waals surface area contributed by atoms with Crippen LogP contribution in [0.15, 0.2) is 48.5 Å². The highest BCUT2D eigenvalue weighted by atomic mass is 35.5. The summed E-state index contributed by atoms with van der Waals surface area (Å²) in [5, 5.41) is 8.58. The number of ether oxygens (including phenoxy) is 3. The van der Waals surface area contributed by atoms with Gasteiger partial charge in [0.05, 0.1) is 20.3 Å². The second-order valence-electron chi connectivity index (χ2n) is 5.53. The molecule has 0 N–H and O–H groups in total. The summed E-state index contributed by atoms with van der Waals surface area (Å²) in [4.78, 5) is 12.2. The van der Waals surface area contributed by atoms with Crippen LogP contribution in [0.4, 0.5) is 0 Å². The summed E-state index contributed by atoms with van der Waals surface area (Å²) in [6, 6.07) is 14.3. The molecule has 3 aromatic rings. The Labute approximate surface area is 161 Å².